The Morgan fingerprint density at radius 3 is 2.68 bits per heavy atom. The Bertz CT molecular complexity index is 940. The number of hydrazone groups is 1. The first kappa shape index (κ1) is 18.2. The number of aryl methyl sites for hydroxylation is 1. The number of benzene rings is 2. The molecule has 0 radical (unpaired) electrons. The van der Waals surface area contributed by atoms with Crippen LogP contribution in [0.1, 0.15) is 11.1 Å². The monoisotopic (exact) mass is 365 g/mol. The number of nitrogens with zero attached hydrogens (tertiary/aromatic N) is 2. The highest BCUT2D eigenvalue weighted by atomic mass is 32.2. The number of phenols is 1. The van der Waals surface area contributed by atoms with E-state index in [0.29, 0.717) is 5.56 Å². The second kappa shape index (κ2) is 7.18. The van der Waals surface area contributed by atoms with Crippen molar-refractivity contribution in [1.29, 1.82) is 0 Å². The van der Waals surface area contributed by atoms with Gasteiger partial charge in [-0.3, -0.25) is 10.1 Å². The average Bonchev–Trinajstić information content (AvgIpc) is 2.56. The Balaban J connectivity index is 2.25. The molecule has 0 unspecified atom stereocenters. The van der Waals surface area contributed by atoms with E-state index in [9.17, 15) is 23.6 Å². The number of aromatic hydroxyl groups is 1. The third-order valence-corrected chi connectivity index (χ3v) is 4.53. The highest BCUT2D eigenvalue weighted by Gasteiger charge is 2.19. The zero-order valence-electron chi connectivity index (χ0n) is 13.3. The summed E-state index contributed by atoms with van der Waals surface area (Å²) in [6, 6.07) is 8.16. The molecule has 0 amide bonds. The zero-order valence-corrected chi connectivity index (χ0v) is 14.1. The van der Waals surface area contributed by atoms with Crippen LogP contribution in [0.25, 0.3) is 0 Å². The average molecular weight is 365 g/mol. The number of rotatable bonds is 6. The van der Waals surface area contributed by atoms with Crippen LogP contribution in [0.4, 0.5) is 5.69 Å². The van der Waals surface area contributed by atoms with Gasteiger partial charge in [0.05, 0.1) is 23.1 Å². The third kappa shape index (κ3) is 4.04. The molecule has 132 valence electrons. The predicted octanol–water partition coefficient (Wildman–Crippen LogP) is 1.93. The van der Waals surface area contributed by atoms with Crippen LogP contribution in [0.5, 0.6) is 11.5 Å². The maximum Gasteiger partial charge on any atom is 0.276 e. The summed E-state index contributed by atoms with van der Waals surface area (Å²) in [6.07, 6.45) is 1.10. The van der Waals surface area contributed by atoms with Crippen LogP contribution >= 0.6 is 0 Å². The molecule has 0 saturated heterocycles. The predicted molar refractivity (Wildman–Crippen MR) is 90.4 cm³/mol. The second-order valence-corrected chi connectivity index (χ2v) is 6.62. The van der Waals surface area contributed by atoms with E-state index >= 15 is 0 Å². The summed E-state index contributed by atoms with van der Waals surface area (Å²) < 4.78 is 29.3. The van der Waals surface area contributed by atoms with E-state index in [0.717, 1.165) is 12.3 Å². The van der Waals surface area contributed by atoms with Crippen molar-refractivity contribution >= 4 is 21.9 Å². The van der Waals surface area contributed by atoms with Gasteiger partial charge in [0, 0.05) is 17.2 Å². The van der Waals surface area contributed by atoms with E-state index in [4.69, 9.17) is 4.74 Å². The van der Waals surface area contributed by atoms with Gasteiger partial charge in [-0.2, -0.15) is 13.5 Å². The Morgan fingerprint density at radius 1 is 1.32 bits per heavy atom. The quantitative estimate of drug-likeness (QED) is 0.457. The van der Waals surface area contributed by atoms with Gasteiger partial charge in [-0.1, -0.05) is 12.1 Å². The van der Waals surface area contributed by atoms with Crippen LogP contribution in [0.15, 0.2) is 46.4 Å². The second-order valence-electron chi connectivity index (χ2n) is 4.96. The largest absolute Gasteiger partial charge is 0.504 e. The normalized spacial score (nSPS) is 11.4. The molecule has 0 saturated carbocycles. The summed E-state index contributed by atoms with van der Waals surface area (Å²) >= 11 is 0. The number of phenolic OH excluding ortho intramolecular Hbond substituents is 1. The van der Waals surface area contributed by atoms with Gasteiger partial charge in [-0.25, -0.2) is 4.83 Å². The van der Waals surface area contributed by atoms with Crippen LogP contribution < -0.4 is 9.57 Å². The molecule has 25 heavy (non-hydrogen) atoms. The van der Waals surface area contributed by atoms with Crippen molar-refractivity contribution < 1.29 is 23.2 Å². The van der Waals surface area contributed by atoms with Crippen LogP contribution in [-0.2, 0) is 10.0 Å². The number of nitrogens with one attached hydrogen (secondary N) is 1. The maximum absolute atomic E-state index is 12.2. The van der Waals surface area contributed by atoms with Crippen LogP contribution in [-0.4, -0.2) is 31.8 Å². The number of hydrogen-bond donors (Lipinski definition) is 2. The van der Waals surface area contributed by atoms with E-state index in [1.807, 2.05) is 4.83 Å². The Labute approximate surface area is 143 Å². The lowest BCUT2D eigenvalue weighted by Crippen LogP contribution is -2.18. The Morgan fingerprint density at radius 2 is 2.04 bits per heavy atom. The summed E-state index contributed by atoms with van der Waals surface area (Å²) in [5, 5.41) is 24.4. The zero-order chi connectivity index (χ0) is 18.6. The lowest BCUT2D eigenvalue weighted by atomic mass is 10.2. The molecule has 0 aliphatic carbocycles. The molecular weight excluding hydrogens is 350 g/mol. The molecule has 0 atom stereocenters. The van der Waals surface area contributed by atoms with Gasteiger partial charge < -0.3 is 9.84 Å². The van der Waals surface area contributed by atoms with Gasteiger partial charge in [0.2, 0.25) is 0 Å². The number of ether oxygens (including phenoxy) is 1. The molecule has 2 rings (SSSR count). The smallest absolute Gasteiger partial charge is 0.276 e. The molecule has 0 spiro atoms. The highest BCUT2D eigenvalue weighted by molar-refractivity contribution is 7.89. The van der Waals surface area contributed by atoms with E-state index in [2.05, 4.69) is 5.10 Å². The van der Waals surface area contributed by atoms with E-state index in [1.165, 1.54) is 38.3 Å². The van der Waals surface area contributed by atoms with Gasteiger partial charge in [0.25, 0.3) is 15.7 Å². The first-order valence-corrected chi connectivity index (χ1v) is 8.40. The number of nitro groups is 1. The number of hydrogen-bond acceptors (Lipinski definition) is 7. The Hall–Kier alpha value is -3.14. The van der Waals surface area contributed by atoms with Gasteiger partial charge in [-0.15, -0.1) is 0 Å². The summed E-state index contributed by atoms with van der Waals surface area (Å²) in [6.45, 7) is 1.51. The van der Waals surface area contributed by atoms with Crippen LogP contribution in [0.2, 0.25) is 0 Å². The van der Waals surface area contributed by atoms with Crippen molar-refractivity contribution in [1.82, 2.24) is 4.83 Å². The van der Waals surface area contributed by atoms with Gasteiger partial charge >= 0.3 is 0 Å². The minimum atomic E-state index is -4.10. The minimum absolute atomic E-state index is 0.195. The van der Waals surface area contributed by atoms with Crippen molar-refractivity contribution in [3.63, 3.8) is 0 Å². The van der Waals surface area contributed by atoms with Crippen molar-refractivity contribution in [2.45, 2.75) is 11.8 Å². The summed E-state index contributed by atoms with van der Waals surface area (Å²) in [7, 11) is -2.72. The number of methoxy groups -OCH3 is 1. The van der Waals surface area contributed by atoms with Crippen molar-refractivity contribution in [2.75, 3.05) is 7.11 Å². The first-order chi connectivity index (χ1) is 11.8. The molecule has 2 aromatic rings. The molecule has 0 aliphatic heterocycles. The van der Waals surface area contributed by atoms with Gasteiger partial charge in [0.15, 0.2) is 11.5 Å². The van der Waals surface area contributed by atoms with Crippen LogP contribution in [0, 0.1) is 17.0 Å². The lowest BCUT2D eigenvalue weighted by molar-refractivity contribution is -0.385. The summed E-state index contributed by atoms with van der Waals surface area (Å²) in [5.74, 6) is 0.0138. The van der Waals surface area contributed by atoms with E-state index in [1.54, 1.807) is 6.07 Å². The van der Waals surface area contributed by atoms with Gasteiger partial charge in [0.1, 0.15) is 0 Å². The number of para-hydroxylation sites is 1. The number of nitro benzene ring substituents is 1. The lowest BCUT2D eigenvalue weighted by Gasteiger charge is -2.06. The molecule has 0 heterocycles. The fourth-order valence-corrected chi connectivity index (χ4v) is 2.79. The molecule has 0 fully saturated rings. The standard InChI is InChI=1S/C15H15N3O6S/c1-10-6-7-12(8-13(10)18(20)21)25(22,23)17-16-9-11-4-3-5-14(24-2)15(11)19/h3-9,17,19H,1-2H3. The van der Waals surface area contributed by atoms with Crippen LogP contribution in [0.3, 0.4) is 0 Å². The SMILES string of the molecule is COc1cccc(C=NNS(=O)(=O)c2ccc(C)c([N+](=O)[O-])c2)c1O. The summed E-state index contributed by atoms with van der Waals surface area (Å²) in [4.78, 5) is 11.9. The molecule has 0 bridgehead atoms. The Kier molecular flexibility index (Phi) is 5.22. The summed E-state index contributed by atoms with van der Waals surface area (Å²) in [5.41, 5.74) is 0.267. The molecule has 2 N–H and O–H groups in total. The van der Waals surface area contributed by atoms with Gasteiger partial charge in [-0.05, 0) is 25.1 Å². The van der Waals surface area contributed by atoms with E-state index < -0.39 is 14.9 Å². The molecule has 0 aliphatic rings. The molecule has 0 aromatic heterocycles. The molecule has 10 heteroatoms. The van der Waals surface area contributed by atoms with Crippen molar-refractivity contribution in [3.8, 4) is 11.5 Å². The topological polar surface area (TPSA) is 131 Å². The molecule has 9 nitrogen and oxygen atoms in total. The van der Waals surface area contributed by atoms with Crippen molar-refractivity contribution in [3.05, 3.63) is 57.6 Å². The van der Waals surface area contributed by atoms with E-state index in [-0.39, 0.29) is 27.6 Å². The first-order valence-electron chi connectivity index (χ1n) is 6.92. The number of sulfonamides is 1. The molecular formula is C15H15N3O6S. The fraction of sp³-hybridized carbons (Fsp3) is 0.133. The maximum atomic E-state index is 12.2. The fourth-order valence-electron chi connectivity index (χ4n) is 1.98. The van der Waals surface area contributed by atoms with Crippen molar-refractivity contribution in [2.24, 2.45) is 5.10 Å². The molecule has 2 aromatic carbocycles. The minimum Gasteiger partial charge on any atom is -0.504 e. The highest BCUT2D eigenvalue weighted by Crippen LogP contribution is 2.28. The third-order valence-electron chi connectivity index (χ3n) is 3.31.